The summed E-state index contributed by atoms with van der Waals surface area (Å²) in [6.07, 6.45) is 4.93. The van der Waals surface area contributed by atoms with Gasteiger partial charge in [0, 0.05) is 13.1 Å². The van der Waals surface area contributed by atoms with Crippen molar-refractivity contribution in [1.29, 1.82) is 0 Å². The van der Waals surface area contributed by atoms with E-state index in [-0.39, 0.29) is 12.2 Å². The van der Waals surface area contributed by atoms with E-state index in [1.807, 2.05) is 24.3 Å². The van der Waals surface area contributed by atoms with E-state index in [9.17, 15) is 4.79 Å². The van der Waals surface area contributed by atoms with Crippen LogP contribution in [0.4, 0.5) is 0 Å². The predicted octanol–water partition coefficient (Wildman–Crippen LogP) is 2.84. The Balaban J connectivity index is 1.98. The fourth-order valence-corrected chi connectivity index (χ4v) is 2.23. The molecule has 1 aromatic carbocycles. The highest BCUT2D eigenvalue weighted by Crippen LogP contribution is 2.19. The lowest BCUT2D eigenvalue weighted by molar-refractivity contribution is -0.0456. The molecule has 1 saturated heterocycles. The van der Waals surface area contributed by atoms with Crippen LogP contribution < -0.4 is 0 Å². The molecule has 1 heterocycles. The van der Waals surface area contributed by atoms with Crippen molar-refractivity contribution < 1.29 is 9.53 Å². The highest BCUT2D eigenvalue weighted by molar-refractivity contribution is 5.89. The summed E-state index contributed by atoms with van der Waals surface area (Å²) in [4.78, 5) is 14.2. The lowest BCUT2D eigenvalue weighted by Gasteiger charge is -2.34. The number of carbonyl (C=O) groups excluding carboxylic acids is 1. The van der Waals surface area contributed by atoms with Gasteiger partial charge >= 0.3 is 5.97 Å². The van der Waals surface area contributed by atoms with E-state index in [2.05, 4.69) is 11.5 Å². The van der Waals surface area contributed by atoms with Crippen LogP contribution >= 0.6 is 0 Å². The van der Waals surface area contributed by atoms with Gasteiger partial charge in [0.25, 0.3) is 0 Å². The molecule has 0 aromatic heterocycles. The number of piperidine rings is 1. The van der Waals surface area contributed by atoms with Crippen LogP contribution in [0.15, 0.2) is 43.0 Å². The summed E-state index contributed by atoms with van der Waals surface area (Å²) in [6, 6.07) is 9.14. The van der Waals surface area contributed by atoms with Gasteiger partial charge in [0.05, 0.1) is 5.56 Å². The van der Waals surface area contributed by atoms with Crippen LogP contribution in [-0.2, 0) is 4.74 Å². The quantitative estimate of drug-likeness (QED) is 0.603. The molecule has 1 atom stereocenters. The minimum atomic E-state index is -0.239. The second-order valence-corrected chi connectivity index (χ2v) is 4.51. The molecule has 1 aromatic rings. The molecule has 0 aliphatic carbocycles. The summed E-state index contributed by atoms with van der Waals surface area (Å²) in [5.74, 6) is -0.239. The molecule has 0 N–H and O–H groups in total. The highest BCUT2D eigenvalue weighted by Gasteiger charge is 2.25. The molecule has 1 aliphatic rings. The fraction of sp³-hybridized carbons (Fsp3) is 0.400. The molecule has 0 bridgehead atoms. The van der Waals surface area contributed by atoms with E-state index in [4.69, 9.17) is 4.74 Å². The standard InChI is InChI=1S/C15H19NO2/c1-2-11-16-12-7-6-10-14(16)18-15(17)13-8-4-3-5-9-13/h2-5,8-9,14H,1,6-7,10-12H2. The van der Waals surface area contributed by atoms with Gasteiger partial charge in [-0.1, -0.05) is 24.3 Å². The summed E-state index contributed by atoms with van der Waals surface area (Å²) >= 11 is 0. The Morgan fingerprint density at radius 1 is 1.39 bits per heavy atom. The Bertz CT molecular complexity index is 402. The summed E-state index contributed by atoms with van der Waals surface area (Å²) in [5.41, 5.74) is 0.613. The highest BCUT2D eigenvalue weighted by atomic mass is 16.6. The molecule has 1 fully saturated rings. The predicted molar refractivity (Wildman–Crippen MR) is 71.3 cm³/mol. The van der Waals surface area contributed by atoms with Gasteiger partial charge in [-0.15, -0.1) is 6.58 Å². The Morgan fingerprint density at radius 2 is 2.17 bits per heavy atom. The van der Waals surface area contributed by atoms with Crippen molar-refractivity contribution in [1.82, 2.24) is 4.90 Å². The summed E-state index contributed by atoms with van der Waals surface area (Å²) in [7, 11) is 0. The maximum atomic E-state index is 12.0. The largest absolute Gasteiger partial charge is 0.443 e. The van der Waals surface area contributed by atoms with E-state index in [0.717, 1.165) is 32.4 Å². The van der Waals surface area contributed by atoms with E-state index >= 15 is 0 Å². The first kappa shape index (κ1) is 12.8. The van der Waals surface area contributed by atoms with Crippen molar-refractivity contribution in [2.45, 2.75) is 25.5 Å². The molecule has 0 amide bonds. The number of likely N-dealkylation sites (tertiary alicyclic amines) is 1. The van der Waals surface area contributed by atoms with E-state index in [1.54, 1.807) is 12.1 Å². The molecule has 1 aliphatic heterocycles. The van der Waals surface area contributed by atoms with Gasteiger partial charge in [0.1, 0.15) is 0 Å². The molecule has 1 unspecified atom stereocenters. The van der Waals surface area contributed by atoms with Gasteiger partial charge in [-0.25, -0.2) is 4.79 Å². The molecule has 3 heteroatoms. The van der Waals surface area contributed by atoms with Crippen LogP contribution in [0.2, 0.25) is 0 Å². The average molecular weight is 245 g/mol. The lowest BCUT2D eigenvalue weighted by Crippen LogP contribution is -2.42. The van der Waals surface area contributed by atoms with Gasteiger partial charge < -0.3 is 4.74 Å². The second-order valence-electron chi connectivity index (χ2n) is 4.51. The van der Waals surface area contributed by atoms with E-state index < -0.39 is 0 Å². The third-order valence-electron chi connectivity index (χ3n) is 3.17. The first-order valence-electron chi connectivity index (χ1n) is 6.42. The number of hydrogen-bond acceptors (Lipinski definition) is 3. The zero-order valence-electron chi connectivity index (χ0n) is 10.5. The minimum absolute atomic E-state index is 0.107. The molecule has 2 rings (SSSR count). The molecule has 3 nitrogen and oxygen atoms in total. The zero-order valence-corrected chi connectivity index (χ0v) is 10.5. The zero-order chi connectivity index (χ0) is 12.8. The Hall–Kier alpha value is -1.61. The van der Waals surface area contributed by atoms with Crippen LogP contribution in [0.25, 0.3) is 0 Å². The Morgan fingerprint density at radius 3 is 2.89 bits per heavy atom. The number of ether oxygens (including phenoxy) is 1. The van der Waals surface area contributed by atoms with Crippen LogP contribution in [0, 0.1) is 0 Å². The number of carbonyl (C=O) groups is 1. The normalized spacial score (nSPS) is 20.3. The summed E-state index contributed by atoms with van der Waals surface area (Å²) in [6.45, 7) is 5.49. The summed E-state index contributed by atoms with van der Waals surface area (Å²) in [5, 5.41) is 0. The van der Waals surface area contributed by atoms with Crippen molar-refractivity contribution in [2.24, 2.45) is 0 Å². The van der Waals surface area contributed by atoms with Crippen molar-refractivity contribution in [2.75, 3.05) is 13.1 Å². The van der Waals surface area contributed by atoms with Crippen LogP contribution in [0.5, 0.6) is 0 Å². The van der Waals surface area contributed by atoms with Crippen molar-refractivity contribution in [3.8, 4) is 0 Å². The topological polar surface area (TPSA) is 29.5 Å². The molecular weight excluding hydrogens is 226 g/mol. The van der Waals surface area contributed by atoms with Crippen molar-refractivity contribution in [3.05, 3.63) is 48.6 Å². The average Bonchev–Trinajstić information content (AvgIpc) is 2.42. The molecule has 0 radical (unpaired) electrons. The lowest BCUT2D eigenvalue weighted by atomic mass is 10.1. The third kappa shape index (κ3) is 3.20. The number of benzene rings is 1. The molecular formula is C15H19NO2. The molecule has 0 saturated carbocycles. The SMILES string of the molecule is C=CCN1CCCCC1OC(=O)c1ccccc1. The number of esters is 1. The number of nitrogens with zero attached hydrogens (tertiary/aromatic N) is 1. The molecule has 0 spiro atoms. The van der Waals surface area contributed by atoms with E-state index in [0.29, 0.717) is 5.56 Å². The van der Waals surface area contributed by atoms with Gasteiger partial charge in [0.2, 0.25) is 0 Å². The minimum Gasteiger partial charge on any atom is -0.443 e. The number of rotatable bonds is 4. The Labute approximate surface area is 108 Å². The molecule has 18 heavy (non-hydrogen) atoms. The second kappa shape index (κ2) is 6.36. The maximum Gasteiger partial charge on any atom is 0.339 e. The maximum absolute atomic E-state index is 12.0. The smallest absolute Gasteiger partial charge is 0.339 e. The van der Waals surface area contributed by atoms with Crippen LogP contribution in [0.1, 0.15) is 29.6 Å². The third-order valence-corrected chi connectivity index (χ3v) is 3.17. The first-order valence-corrected chi connectivity index (χ1v) is 6.42. The van der Waals surface area contributed by atoms with Crippen LogP contribution in [0.3, 0.4) is 0 Å². The first-order chi connectivity index (χ1) is 8.81. The van der Waals surface area contributed by atoms with Gasteiger partial charge in [-0.2, -0.15) is 0 Å². The van der Waals surface area contributed by atoms with Crippen molar-refractivity contribution in [3.63, 3.8) is 0 Å². The summed E-state index contributed by atoms with van der Waals surface area (Å²) < 4.78 is 5.58. The van der Waals surface area contributed by atoms with E-state index in [1.165, 1.54) is 0 Å². The van der Waals surface area contributed by atoms with Crippen LogP contribution in [-0.4, -0.2) is 30.2 Å². The van der Waals surface area contributed by atoms with Gasteiger partial charge in [-0.05, 0) is 31.4 Å². The van der Waals surface area contributed by atoms with Crippen molar-refractivity contribution >= 4 is 5.97 Å². The van der Waals surface area contributed by atoms with Gasteiger partial charge in [0.15, 0.2) is 6.23 Å². The van der Waals surface area contributed by atoms with Gasteiger partial charge in [-0.3, -0.25) is 4.90 Å². The number of hydrogen-bond donors (Lipinski definition) is 0. The monoisotopic (exact) mass is 245 g/mol. The Kier molecular flexibility index (Phi) is 4.53. The molecule has 96 valence electrons. The fourth-order valence-electron chi connectivity index (χ4n) is 2.23.